The fourth-order valence-electron chi connectivity index (χ4n) is 2.93. The van der Waals surface area contributed by atoms with Crippen LogP contribution in [0, 0.1) is 5.92 Å². The molecule has 1 aromatic rings. The fourth-order valence-corrected chi connectivity index (χ4v) is 3.06. The molecule has 3 heteroatoms. The number of benzene rings is 1. The van der Waals surface area contributed by atoms with Crippen molar-refractivity contribution in [1.29, 1.82) is 0 Å². The van der Waals surface area contributed by atoms with E-state index in [2.05, 4.69) is 24.0 Å². The predicted molar refractivity (Wildman–Crippen MR) is 88.5 cm³/mol. The molecule has 1 saturated carbocycles. The summed E-state index contributed by atoms with van der Waals surface area (Å²) in [5, 5.41) is 4.36. The van der Waals surface area contributed by atoms with E-state index in [1.54, 1.807) is 0 Å². The minimum atomic E-state index is 0.276. The van der Waals surface area contributed by atoms with Crippen LogP contribution in [-0.2, 0) is 11.3 Å². The van der Waals surface area contributed by atoms with Crippen molar-refractivity contribution in [1.82, 2.24) is 5.32 Å². The minimum absolute atomic E-state index is 0.276. The Kier molecular flexibility index (Phi) is 6.47. The van der Waals surface area contributed by atoms with Crippen molar-refractivity contribution in [3.8, 4) is 0 Å². The number of rotatable bonds is 7. The van der Waals surface area contributed by atoms with Crippen molar-refractivity contribution in [2.75, 3.05) is 0 Å². The summed E-state index contributed by atoms with van der Waals surface area (Å²) in [6.45, 7) is 4.55. The van der Waals surface area contributed by atoms with Gasteiger partial charge in [-0.2, -0.15) is 0 Å². The van der Waals surface area contributed by atoms with Crippen LogP contribution in [0.25, 0.3) is 0 Å². The standard InChI is InChI=1S/C18H24ClNO/c1-2-3-4-18(21)15-7-11-17(12-8-15)20-13-14-5-9-16(19)10-6-14/h2,5-6,9-10,15,17,20H,1,3-4,7-8,11-13H2. The summed E-state index contributed by atoms with van der Waals surface area (Å²) >= 11 is 5.88. The molecule has 0 bridgehead atoms. The van der Waals surface area contributed by atoms with Crippen LogP contribution in [0.15, 0.2) is 36.9 Å². The van der Waals surface area contributed by atoms with Crippen LogP contribution in [-0.4, -0.2) is 11.8 Å². The van der Waals surface area contributed by atoms with Crippen molar-refractivity contribution >= 4 is 17.4 Å². The van der Waals surface area contributed by atoms with E-state index in [0.29, 0.717) is 18.2 Å². The van der Waals surface area contributed by atoms with Gasteiger partial charge < -0.3 is 5.32 Å². The van der Waals surface area contributed by atoms with Gasteiger partial charge >= 0.3 is 0 Å². The Morgan fingerprint density at radius 2 is 1.90 bits per heavy atom. The minimum Gasteiger partial charge on any atom is -0.310 e. The topological polar surface area (TPSA) is 29.1 Å². The summed E-state index contributed by atoms with van der Waals surface area (Å²) in [5.41, 5.74) is 1.25. The van der Waals surface area contributed by atoms with Gasteiger partial charge in [-0.15, -0.1) is 6.58 Å². The number of allylic oxidation sites excluding steroid dienone is 1. The third kappa shape index (κ3) is 5.29. The number of carbonyl (C=O) groups excluding carboxylic acids is 1. The van der Waals surface area contributed by atoms with Crippen molar-refractivity contribution in [3.05, 3.63) is 47.5 Å². The second kappa shape index (κ2) is 8.35. The molecule has 0 amide bonds. The van der Waals surface area contributed by atoms with Gasteiger partial charge in [0.2, 0.25) is 0 Å². The van der Waals surface area contributed by atoms with E-state index in [4.69, 9.17) is 11.6 Å². The van der Waals surface area contributed by atoms with Crippen LogP contribution < -0.4 is 5.32 Å². The Morgan fingerprint density at radius 3 is 2.52 bits per heavy atom. The molecule has 2 nitrogen and oxygen atoms in total. The monoisotopic (exact) mass is 305 g/mol. The van der Waals surface area contributed by atoms with Gasteiger partial charge in [0.05, 0.1) is 0 Å². The number of halogens is 1. The highest BCUT2D eigenvalue weighted by atomic mass is 35.5. The van der Waals surface area contributed by atoms with Gasteiger partial charge in [-0.25, -0.2) is 0 Å². The Labute approximate surface area is 132 Å². The molecule has 1 fully saturated rings. The Morgan fingerprint density at radius 1 is 1.24 bits per heavy atom. The van der Waals surface area contributed by atoms with Gasteiger partial charge in [0.25, 0.3) is 0 Å². The van der Waals surface area contributed by atoms with Crippen molar-refractivity contribution in [2.24, 2.45) is 5.92 Å². The van der Waals surface area contributed by atoms with Gasteiger partial charge in [-0.3, -0.25) is 4.79 Å². The van der Waals surface area contributed by atoms with Crippen LogP contribution in [0.2, 0.25) is 5.02 Å². The summed E-state index contributed by atoms with van der Waals surface area (Å²) in [6, 6.07) is 8.49. The molecule has 114 valence electrons. The number of ketones is 1. The Bertz CT molecular complexity index is 461. The molecular weight excluding hydrogens is 282 g/mol. The van der Waals surface area contributed by atoms with E-state index in [0.717, 1.165) is 43.7 Å². The lowest BCUT2D eigenvalue weighted by Crippen LogP contribution is -2.34. The molecule has 0 aromatic heterocycles. The van der Waals surface area contributed by atoms with E-state index in [9.17, 15) is 4.79 Å². The second-order valence-electron chi connectivity index (χ2n) is 5.85. The summed E-state index contributed by atoms with van der Waals surface area (Å²) < 4.78 is 0. The molecule has 0 heterocycles. The normalized spacial score (nSPS) is 22.0. The highest BCUT2D eigenvalue weighted by Gasteiger charge is 2.25. The summed E-state index contributed by atoms with van der Waals surface area (Å²) in [5.74, 6) is 0.699. The molecule has 1 aliphatic carbocycles. The third-order valence-electron chi connectivity index (χ3n) is 4.29. The van der Waals surface area contributed by atoms with E-state index < -0.39 is 0 Å². The van der Waals surface area contributed by atoms with Crippen molar-refractivity contribution < 1.29 is 4.79 Å². The zero-order valence-corrected chi connectivity index (χ0v) is 13.2. The SMILES string of the molecule is C=CCCC(=O)C1CCC(NCc2ccc(Cl)cc2)CC1. The molecule has 0 atom stereocenters. The molecule has 1 aromatic carbocycles. The number of hydrogen-bond acceptors (Lipinski definition) is 2. The lowest BCUT2D eigenvalue weighted by Gasteiger charge is -2.28. The van der Waals surface area contributed by atoms with Gasteiger partial charge in [0, 0.05) is 29.9 Å². The smallest absolute Gasteiger partial charge is 0.136 e. The first kappa shape index (κ1) is 16.3. The van der Waals surface area contributed by atoms with Crippen LogP contribution in [0.1, 0.15) is 44.1 Å². The molecule has 0 radical (unpaired) electrons. The van der Waals surface area contributed by atoms with Gasteiger partial charge in [0.15, 0.2) is 0 Å². The molecule has 0 spiro atoms. The Hall–Kier alpha value is -1.12. The zero-order chi connectivity index (χ0) is 15.1. The molecule has 1 aliphatic rings. The Balaban J connectivity index is 1.70. The van der Waals surface area contributed by atoms with Gasteiger partial charge in [-0.1, -0.05) is 29.8 Å². The van der Waals surface area contributed by atoms with E-state index in [1.807, 2.05) is 18.2 Å². The lowest BCUT2D eigenvalue weighted by molar-refractivity contribution is -0.123. The van der Waals surface area contributed by atoms with Crippen molar-refractivity contribution in [3.63, 3.8) is 0 Å². The molecule has 0 saturated heterocycles. The average molecular weight is 306 g/mol. The average Bonchev–Trinajstić information content (AvgIpc) is 2.52. The molecule has 0 unspecified atom stereocenters. The van der Waals surface area contributed by atoms with E-state index in [1.165, 1.54) is 5.56 Å². The molecule has 21 heavy (non-hydrogen) atoms. The largest absolute Gasteiger partial charge is 0.310 e. The summed E-state index contributed by atoms with van der Waals surface area (Å²) in [7, 11) is 0. The first-order valence-electron chi connectivity index (χ1n) is 7.80. The molecule has 2 rings (SSSR count). The quantitative estimate of drug-likeness (QED) is 0.750. The molecule has 1 N–H and O–H groups in total. The summed E-state index contributed by atoms with van der Waals surface area (Å²) in [4.78, 5) is 12.0. The number of Topliss-reactive ketones (excluding diaryl/α,β-unsaturated/α-hetero) is 1. The van der Waals surface area contributed by atoms with Crippen LogP contribution in [0.5, 0.6) is 0 Å². The van der Waals surface area contributed by atoms with E-state index in [-0.39, 0.29) is 5.92 Å². The number of carbonyl (C=O) groups is 1. The first-order valence-corrected chi connectivity index (χ1v) is 8.18. The zero-order valence-electron chi connectivity index (χ0n) is 12.5. The molecular formula is C18H24ClNO. The highest BCUT2D eigenvalue weighted by Crippen LogP contribution is 2.26. The maximum atomic E-state index is 12.0. The fraction of sp³-hybridized carbons (Fsp3) is 0.500. The van der Waals surface area contributed by atoms with Crippen LogP contribution >= 0.6 is 11.6 Å². The first-order chi connectivity index (χ1) is 10.2. The van der Waals surface area contributed by atoms with Crippen molar-refractivity contribution in [2.45, 2.75) is 51.1 Å². The number of nitrogens with one attached hydrogen (secondary N) is 1. The second-order valence-corrected chi connectivity index (χ2v) is 6.29. The number of hydrogen-bond donors (Lipinski definition) is 1. The predicted octanol–water partition coefficient (Wildman–Crippen LogP) is 4.52. The summed E-state index contributed by atoms with van der Waals surface area (Å²) in [6.07, 6.45) is 7.54. The lowest BCUT2D eigenvalue weighted by atomic mass is 9.82. The van der Waals surface area contributed by atoms with Crippen LogP contribution in [0.3, 0.4) is 0 Å². The van der Waals surface area contributed by atoms with E-state index >= 15 is 0 Å². The maximum Gasteiger partial charge on any atom is 0.136 e. The molecule has 0 aliphatic heterocycles. The third-order valence-corrected chi connectivity index (χ3v) is 4.54. The van der Waals surface area contributed by atoms with Crippen LogP contribution in [0.4, 0.5) is 0 Å². The van der Waals surface area contributed by atoms with Gasteiger partial charge in [0.1, 0.15) is 5.78 Å². The highest BCUT2D eigenvalue weighted by molar-refractivity contribution is 6.30. The maximum absolute atomic E-state index is 12.0. The van der Waals surface area contributed by atoms with Gasteiger partial charge in [-0.05, 0) is 49.8 Å².